The van der Waals surface area contributed by atoms with E-state index in [-0.39, 0.29) is 5.91 Å². The number of anilines is 1. The lowest BCUT2D eigenvalue weighted by Gasteiger charge is -2.13. The molecule has 0 fully saturated rings. The van der Waals surface area contributed by atoms with Gasteiger partial charge in [0.1, 0.15) is 0 Å². The fourth-order valence-corrected chi connectivity index (χ4v) is 4.15. The number of halogens is 2. The van der Waals surface area contributed by atoms with E-state index in [2.05, 4.69) is 11.4 Å². The number of hydrogen-bond acceptors (Lipinski definition) is 4. The summed E-state index contributed by atoms with van der Waals surface area (Å²) in [6.07, 6.45) is 0.569. The van der Waals surface area contributed by atoms with Crippen LogP contribution >= 0.6 is 23.2 Å². The molecule has 0 aliphatic rings. The molecule has 0 unspecified atom stereocenters. The maximum absolute atomic E-state index is 12.9. The highest BCUT2D eigenvalue weighted by Gasteiger charge is 2.13. The number of nitriles is 1. The van der Waals surface area contributed by atoms with E-state index in [4.69, 9.17) is 37.9 Å². The van der Waals surface area contributed by atoms with Gasteiger partial charge in [-0.1, -0.05) is 53.5 Å². The molecule has 0 aliphatic heterocycles. The molecule has 36 heavy (non-hydrogen) atoms. The third kappa shape index (κ3) is 6.17. The zero-order valence-corrected chi connectivity index (χ0v) is 20.9. The van der Waals surface area contributed by atoms with E-state index in [1.807, 2.05) is 48.5 Å². The number of nitrogens with zero attached hydrogens (tertiary/aromatic N) is 1. The van der Waals surface area contributed by atoms with Crippen LogP contribution in [0.25, 0.3) is 11.1 Å². The average Bonchev–Trinajstić information content (AvgIpc) is 2.90. The van der Waals surface area contributed by atoms with E-state index in [0.29, 0.717) is 51.4 Å². The number of amides is 1. The van der Waals surface area contributed by atoms with E-state index in [9.17, 15) is 4.79 Å². The number of hydrogen-bond donors (Lipinski definition) is 1. The van der Waals surface area contributed by atoms with E-state index in [1.165, 1.54) is 0 Å². The molecule has 4 aromatic carbocycles. The fourth-order valence-electron chi connectivity index (χ4n) is 3.64. The van der Waals surface area contributed by atoms with Crippen LogP contribution in [0.4, 0.5) is 5.69 Å². The molecule has 0 saturated heterocycles. The minimum Gasteiger partial charge on any atom is -0.493 e. The van der Waals surface area contributed by atoms with E-state index in [0.717, 1.165) is 16.7 Å². The lowest BCUT2D eigenvalue weighted by atomic mass is 10.0. The van der Waals surface area contributed by atoms with Crippen LogP contribution in [0.5, 0.6) is 11.5 Å². The van der Waals surface area contributed by atoms with Crippen molar-refractivity contribution in [3.8, 4) is 28.7 Å². The van der Waals surface area contributed by atoms with Gasteiger partial charge in [-0.3, -0.25) is 4.79 Å². The molecule has 0 heterocycles. The Labute approximate surface area is 219 Å². The molecule has 1 amide bonds. The van der Waals surface area contributed by atoms with Crippen molar-refractivity contribution in [1.82, 2.24) is 0 Å². The van der Waals surface area contributed by atoms with Gasteiger partial charge >= 0.3 is 0 Å². The molecule has 4 rings (SSSR count). The van der Waals surface area contributed by atoms with Crippen molar-refractivity contribution in [3.05, 3.63) is 112 Å². The van der Waals surface area contributed by atoms with Gasteiger partial charge in [-0.25, -0.2) is 0 Å². The average molecular weight is 517 g/mol. The number of carbonyl (C=O) groups is 1. The standard InChI is InChI=1S/C29H22Cl2N2O3/c1-35-27-12-8-23(16-28(27)36-14-13-21-5-9-24(30)17-26(21)31)29(34)33-25-10-6-20(7-11-25)22-4-2-3-19(15-22)18-32/h2-12,15-17H,13-14H2,1H3,(H,33,34). The molecule has 0 spiro atoms. The summed E-state index contributed by atoms with van der Waals surface area (Å²) in [6, 6.07) is 27.3. The van der Waals surface area contributed by atoms with Gasteiger partial charge in [-0.2, -0.15) is 5.26 Å². The molecule has 1 N–H and O–H groups in total. The zero-order valence-electron chi connectivity index (χ0n) is 19.4. The lowest BCUT2D eigenvalue weighted by molar-refractivity contribution is 0.102. The van der Waals surface area contributed by atoms with Crippen LogP contribution in [0, 0.1) is 11.3 Å². The van der Waals surface area contributed by atoms with Gasteiger partial charge in [-0.05, 0) is 71.3 Å². The van der Waals surface area contributed by atoms with Crippen molar-refractivity contribution in [2.75, 3.05) is 19.0 Å². The van der Waals surface area contributed by atoms with Gasteiger partial charge in [0.25, 0.3) is 5.91 Å². The van der Waals surface area contributed by atoms with Crippen molar-refractivity contribution < 1.29 is 14.3 Å². The quantitative estimate of drug-likeness (QED) is 0.264. The number of rotatable bonds is 8. The number of carbonyl (C=O) groups excluding carboxylic acids is 1. The highest BCUT2D eigenvalue weighted by molar-refractivity contribution is 6.35. The second-order valence-electron chi connectivity index (χ2n) is 7.92. The van der Waals surface area contributed by atoms with Gasteiger partial charge in [0.15, 0.2) is 11.5 Å². The molecule has 5 nitrogen and oxygen atoms in total. The second-order valence-corrected chi connectivity index (χ2v) is 8.77. The first-order valence-corrected chi connectivity index (χ1v) is 11.9. The minimum absolute atomic E-state index is 0.275. The van der Waals surface area contributed by atoms with Crippen LogP contribution in [0.3, 0.4) is 0 Å². The van der Waals surface area contributed by atoms with E-state index >= 15 is 0 Å². The topological polar surface area (TPSA) is 71.3 Å². The van der Waals surface area contributed by atoms with Crippen LogP contribution in [-0.4, -0.2) is 19.6 Å². The van der Waals surface area contributed by atoms with Crippen LogP contribution in [0.15, 0.2) is 84.9 Å². The Bertz CT molecular complexity index is 1430. The molecule has 0 aliphatic carbocycles. The summed E-state index contributed by atoms with van der Waals surface area (Å²) in [7, 11) is 1.55. The van der Waals surface area contributed by atoms with Crippen LogP contribution < -0.4 is 14.8 Å². The second kappa shape index (κ2) is 11.6. The summed E-state index contributed by atoms with van der Waals surface area (Å²) < 4.78 is 11.3. The maximum atomic E-state index is 12.9. The van der Waals surface area contributed by atoms with Crippen LogP contribution in [0.1, 0.15) is 21.5 Å². The zero-order chi connectivity index (χ0) is 25.5. The van der Waals surface area contributed by atoms with Crippen molar-refractivity contribution >= 4 is 34.8 Å². The number of ether oxygens (including phenoxy) is 2. The molecular weight excluding hydrogens is 495 g/mol. The van der Waals surface area contributed by atoms with Gasteiger partial charge in [0.05, 0.1) is 25.3 Å². The summed E-state index contributed by atoms with van der Waals surface area (Å²) >= 11 is 12.2. The van der Waals surface area contributed by atoms with Gasteiger partial charge in [0, 0.05) is 27.7 Å². The Morgan fingerprint density at radius 1 is 0.917 bits per heavy atom. The molecule has 0 bridgehead atoms. The molecule has 0 aromatic heterocycles. The molecule has 0 radical (unpaired) electrons. The van der Waals surface area contributed by atoms with Crippen LogP contribution in [0.2, 0.25) is 10.0 Å². The number of methoxy groups -OCH3 is 1. The van der Waals surface area contributed by atoms with Crippen molar-refractivity contribution in [2.24, 2.45) is 0 Å². The fraction of sp³-hybridized carbons (Fsp3) is 0.103. The van der Waals surface area contributed by atoms with Gasteiger partial charge in [-0.15, -0.1) is 0 Å². The summed E-state index contributed by atoms with van der Waals surface area (Å²) in [5.74, 6) is 0.711. The first-order chi connectivity index (χ1) is 17.5. The Morgan fingerprint density at radius 2 is 1.72 bits per heavy atom. The minimum atomic E-state index is -0.275. The smallest absolute Gasteiger partial charge is 0.255 e. The summed E-state index contributed by atoms with van der Waals surface area (Å²) in [6.45, 7) is 0.344. The SMILES string of the molecule is COc1ccc(C(=O)Nc2ccc(-c3cccc(C#N)c3)cc2)cc1OCCc1ccc(Cl)cc1Cl. The highest BCUT2D eigenvalue weighted by atomic mass is 35.5. The Morgan fingerprint density at radius 3 is 2.44 bits per heavy atom. The first-order valence-electron chi connectivity index (χ1n) is 11.1. The van der Waals surface area contributed by atoms with Gasteiger partial charge < -0.3 is 14.8 Å². The normalized spacial score (nSPS) is 10.4. The maximum Gasteiger partial charge on any atom is 0.255 e. The number of benzene rings is 4. The Balaban J connectivity index is 1.43. The Hall–Kier alpha value is -3.98. The van der Waals surface area contributed by atoms with Crippen molar-refractivity contribution in [2.45, 2.75) is 6.42 Å². The lowest BCUT2D eigenvalue weighted by Crippen LogP contribution is -2.12. The molecule has 0 saturated carbocycles. The summed E-state index contributed by atoms with van der Waals surface area (Å²) in [5.41, 5.74) is 4.47. The molecule has 0 atom stereocenters. The first kappa shape index (κ1) is 25.1. The largest absolute Gasteiger partial charge is 0.493 e. The third-order valence-electron chi connectivity index (χ3n) is 5.54. The van der Waals surface area contributed by atoms with E-state index < -0.39 is 0 Å². The monoisotopic (exact) mass is 516 g/mol. The Kier molecular flexibility index (Phi) is 8.12. The highest BCUT2D eigenvalue weighted by Crippen LogP contribution is 2.30. The molecule has 7 heteroatoms. The summed E-state index contributed by atoms with van der Waals surface area (Å²) in [5, 5.41) is 13.2. The van der Waals surface area contributed by atoms with E-state index in [1.54, 1.807) is 43.5 Å². The van der Waals surface area contributed by atoms with Gasteiger partial charge in [0.2, 0.25) is 0 Å². The van der Waals surface area contributed by atoms with Crippen molar-refractivity contribution in [3.63, 3.8) is 0 Å². The van der Waals surface area contributed by atoms with Crippen molar-refractivity contribution in [1.29, 1.82) is 5.26 Å². The predicted molar refractivity (Wildman–Crippen MR) is 143 cm³/mol. The van der Waals surface area contributed by atoms with Crippen LogP contribution in [-0.2, 0) is 6.42 Å². The predicted octanol–water partition coefficient (Wildman–Crippen LogP) is 7.41. The number of nitrogens with one attached hydrogen (secondary N) is 1. The molecule has 4 aromatic rings. The third-order valence-corrected chi connectivity index (χ3v) is 6.12. The summed E-state index contributed by atoms with van der Waals surface area (Å²) in [4.78, 5) is 12.9. The molecule has 180 valence electrons. The molecular formula is C29H22Cl2N2O3.